The number of nitriles is 2. The van der Waals surface area contributed by atoms with Crippen LogP contribution in [0, 0.1) is 22.7 Å². The molecule has 0 rings (SSSR count). The summed E-state index contributed by atoms with van der Waals surface area (Å²) in [5.41, 5.74) is -4.50. The molecule has 0 heterocycles. The van der Waals surface area contributed by atoms with E-state index >= 15 is 0 Å². The summed E-state index contributed by atoms with van der Waals surface area (Å²) in [6.45, 7) is 0. The summed E-state index contributed by atoms with van der Waals surface area (Å²) in [5, 5.41) is 15.9. The highest BCUT2D eigenvalue weighted by Gasteiger charge is 2.30. The number of halogens is 3. The van der Waals surface area contributed by atoms with E-state index in [1.807, 2.05) is 0 Å². The van der Waals surface area contributed by atoms with E-state index in [4.69, 9.17) is 10.5 Å². The van der Waals surface area contributed by atoms with Crippen LogP contribution < -0.4 is 0 Å². The predicted octanol–water partition coefficient (Wildman–Crippen LogP) is 2.17. The first-order valence-electron chi connectivity index (χ1n) is 2.25. The molecule has 0 N–H and O–H groups in total. The zero-order valence-electron chi connectivity index (χ0n) is 5.01. The van der Waals surface area contributed by atoms with Crippen molar-refractivity contribution in [1.82, 2.24) is 0 Å². The van der Waals surface area contributed by atoms with Gasteiger partial charge in [0.2, 0.25) is 0 Å². The summed E-state index contributed by atoms with van der Waals surface area (Å²) in [4.78, 5) is -0.653. The maximum atomic E-state index is 11.5. The van der Waals surface area contributed by atoms with Crippen LogP contribution >= 0.6 is 11.8 Å². The third kappa shape index (κ3) is 5.31. The molecule has 0 atom stereocenters. The Morgan fingerprint density at radius 3 is 2.18 bits per heavy atom. The molecule has 0 fully saturated rings. The van der Waals surface area contributed by atoms with Crippen molar-refractivity contribution in [3.05, 3.63) is 11.0 Å². The fraction of sp³-hybridized carbons (Fsp3) is 0.200. The smallest absolute Gasteiger partial charge is 0.193 e. The molecule has 0 aliphatic heterocycles. The Hall–Kier alpha value is -1.14. The highest BCUT2D eigenvalue weighted by atomic mass is 32.2. The lowest BCUT2D eigenvalue weighted by Crippen LogP contribution is -1.99. The number of allylic oxidation sites excluding steroid dienone is 2. The Balaban J connectivity index is 4.28. The van der Waals surface area contributed by atoms with Crippen LogP contribution in [-0.4, -0.2) is 5.51 Å². The third-order valence-corrected chi connectivity index (χ3v) is 1.19. The minimum atomic E-state index is -4.50. The van der Waals surface area contributed by atoms with E-state index in [9.17, 15) is 13.2 Å². The third-order valence-electron chi connectivity index (χ3n) is 0.532. The van der Waals surface area contributed by atoms with Crippen LogP contribution in [0.4, 0.5) is 13.2 Å². The molecule has 0 amide bonds. The maximum Gasteiger partial charge on any atom is 0.447 e. The van der Waals surface area contributed by atoms with E-state index < -0.39 is 22.2 Å². The van der Waals surface area contributed by atoms with Gasteiger partial charge in [0.15, 0.2) is 0 Å². The van der Waals surface area contributed by atoms with Crippen LogP contribution in [0.5, 0.6) is 0 Å². The van der Waals surface area contributed by atoms with E-state index in [0.717, 1.165) is 0 Å². The number of nitrogens with zero attached hydrogens (tertiary/aromatic N) is 2. The standard InChI is InChI=1S/C5HF3N2S/c6-5(7,8)11-4(3-10)1-2-9/h1H. The van der Waals surface area contributed by atoms with Gasteiger partial charge in [0, 0.05) is 6.08 Å². The van der Waals surface area contributed by atoms with Gasteiger partial charge in [-0.25, -0.2) is 0 Å². The second-order valence-corrected chi connectivity index (χ2v) is 2.40. The van der Waals surface area contributed by atoms with Gasteiger partial charge in [-0.05, 0) is 11.8 Å². The van der Waals surface area contributed by atoms with Gasteiger partial charge < -0.3 is 0 Å². The first-order valence-corrected chi connectivity index (χ1v) is 3.07. The average molecular weight is 178 g/mol. The predicted molar refractivity (Wildman–Crippen MR) is 33.0 cm³/mol. The summed E-state index contributed by atoms with van der Waals surface area (Å²) in [7, 11) is 0. The summed E-state index contributed by atoms with van der Waals surface area (Å²) >= 11 is -0.596. The van der Waals surface area contributed by atoms with Gasteiger partial charge in [0.25, 0.3) is 0 Å². The molecule has 0 saturated heterocycles. The summed E-state index contributed by atoms with van der Waals surface area (Å²) < 4.78 is 34.4. The molecule has 2 nitrogen and oxygen atoms in total. The first-order chi connectivity index (χ1) is 4.99. The lowest BCUT2D eigenvalue weighted by atomic mass is 10.5. The van der Waals surface area contributed by atoms with Crippen molar-refractivity contribution in [3.63, 3.8) is 0 Å². The summed E-state index contributed by atoms with van der Waals surface area (Å²) in [5.74, 6) is 0. The zero-order chi connectivity index (χ0) is 8.91. The first kappa shape index (κ1) is 9.86. The molecule has 0 aromatic rings. The van der Waals surface area contributed by atoms with Crippen molar-refractivity contribution in [1.29, 1.82) is 10.5 Å². The van der Waals surface area contributed by atoms with Gasteiger partial charge in [-0.15, -0.1) is 0 Å². The SMILES string of the molecule is N#CC=C(C#N)SC(F)(F)F. The number of thioether (sulfide) groups is 1. The molecule has 0 aliphatic rings. The van der Waals surface area contributed by atoms with E-state index in [-0.39, 0.29) is 0 Å². The lowest BCUT2D eigenvalue weighted by Gasteiger charge is -2.00. The van der Waals surface area contributed by atoms with E-state index in [0.29, 0.717) is 6.08 Å². The van der Waals surface area contributed by atoms with Crippen LogP contribution in [0.1, 0.15) is 0 Å². The second kappa shape index (κ2) is 3.89. The fourth-order valence-corrected chi connectivity index (χ4v) is 0.674. The maximum absolute atomic E-state index is 11.5. The molecule has 0 aromatic heterocycles. The van der Waals surface area contributed by atoms with Crippen molar-refractivity contribution in [2.45, 2.75) is 5.51 Å². The molecule has 0 radical (unpaired) electrons. The second-order valence-electron chi connectivity index (χ2n) is 1.30. The molecule has 0 spiro atoms. The van der Waals surface area contributed by atoms with Gasteiger partial charge in [0.05, 0.1) is 6.07 Å². The van der Waals surface area contributed by atoms with Crippen LogP contribution in [0.15, 0.2) is 11.0 Å². The molecule has 0 unspecified atom stereocenters. The quantitative estimate of drug-likeness (QED) is 0.578. The molecular formula is C5HF3N2S. The number of alkyl halides is 3. The molecule has 6 heteroatoms. The monoisotopic (exact) mass is 178 g/mol. The molecule has 0 aliphatic carbocycles. The van der Waals surface area contributed by atoms with Gasteiger partial charge in [-0.1, -0.05) is 0 Å². The van der Waals surface area contributed by atoms with Gasteiger partial charge in [0.1, 0.15) is 11.0 Å². The minimum Gasteiger partial charge on any atom is -0.193 e. The topological polar surface area (TPSA) is 47.6 Å². The largest absolute Gasteiger partial charge is 0.447 e. The van der Waals surface area contributed by atoms with E-state index in [1.54, 1.807) is 0 Å². The zero-order valence-corrected chi connectivity index (χ0v) is 5.83. The molecule has 0 saturated carbocycles. The van der Waals surface area contributed by atoms with Crippen molar-refractivity contribution in [3.8, 4) is 12.1 Å². The molecule has 58 valence electrons. The van der Waals surface area contributed by atoms with Gasteiger partial charge in [-0.3, -0.25) is 0 Å². The number of hydrogen-bond donors (Lipinski definition) is 0. The van der Waals surface area contributed by atoms with Gasteiger partial charge in [-0.2, -0.15) is 23.7 Å². The molecule has 11 heavy (non-hydrogen) atoms. The highest BCUT2D eigenvalue weighted by Crippen LogP contribution is 2.35. The Labute approximate surface area is 64.9 Å². The van der Waals surface area contributed by atoms with E-state index in [1.165, 1.54) is 12.1 Å². The Bertz CT molecular complexity index is 242. The Morgan fingerprint density at radius 2 is 1.91 bits per heavy atom. The lowest BCUT2D eigenvalue weighted by molar-refractivity contribution is -0.0321. The minimum absolute atomic E-state index is 0.554. The Kier molecular flexibility index (Phi) is 3.49. The molecular weight excluding hydrogens is 177 g/mol. The van der Waals surface area contributed by atoms with Crippen molar-refractivity contribution < 1.29 is 13.2 Å². The van der Waals surface area contributed by atoms with Gasteiger partial charge >= 0.3 is 5.51 Å². The van der Waals surface area contributed by atoms with E-state index in [2.05, 4.69) is 0 Å². The fourth-order valence-electron chi connectivity index (χ4n) is 0.268. The van der Waals surface area contributed by atoms with Crippen molar-refractivity contribution in [2.75, 3.05) is 0 Å². The average Bonchev–Trinajstić information content (AvgIpc) is 1.84. The van der Waals surface area contributed by atoms with Crippen LogP contribution in [-0.2, 0) is 0 Å². The normalized spacial score (nSPS) is 11.9. The number of rotatable bonds is 1. The van der Waals surface area contributed by atoms with Crippen LogP contribution in [0.25, 0.3) is 0 Å². The summed E-state index contributed by atoms with van der Waals surface area (Å²) in [6, 6.07) is 2.58. The van der Waals surface area contributed by atoms with Crippen LogP contribution in [0.3, 0.4) is 0 Å². The molecule has 0 aromatic carbocycles. The van der Waals surface area contributed by atoms with Crippen molar-refractivity contribution in [2.24, 2.45) is 0 Å². The van der Waals surface area contributed by atoms with Crippen molar-refractivity contribution >= 4 is 11.8 Å². The molecule has 0 bridgehead atoms. The highest BCUT2D eigenvalue weighted by molar-refractivity contribution is 8.04. The Morgan fingerprint density at radius 1 is 1.36 bits per heavy atom. The summed E-state index contributed by atoms with van der Waals surface area (Å²) in [6.07, 6.45) is 0.554. The van der Waals surface area contributed by atoms with Crippen LogP contribution in [0.2, 0.25) is 0 Å². The number of hydrogen-bond acceptors (Lipinski definition) is 3.